The minimum Gasteiger partial charge on any atom is -0.381 e. The number of aryl methyl sites for hydroxylation is 1. The van der Waals surface area contributed by atoms with Crippen LogP contribution in [-0.2, 0) is 28.9 Å². The maximum atomic E-state index is 12.3. The molecule has 2 aliphatic heterocycles. The van der Waals surface area contributed by atoms with Gasteiger partial charge in [-0.3, -0.25) is 19.4 Å². The first-order chi connectivity index (χ1) is 17.6. The van der Waals surface area contributed by atoms with E-state index in [0.717, 1.165) is 84.4 Å². The van der Waals surface area contributed by atoms with Crippen LogP contribution in [0.15, 0.2) is 48.8 Å². The van der Waals surface area contributed by atoms with Crippen LogP contribution in [0.3, 0.4) is 0 Å². The number of benzene rings is 1. The summed E-state index contributed by atoms with van der Waals surface area (Å²) in [6, 6.07) is 13.0. The summed E-state index contributed by atoms with van der Waals surface area (Å²) in [5, 5.41) is 7.40. The Kier molecular flexibility index (Phi) is 6.01. The van der Waals surface area contributed by atoms with E-state index in [-0.39, 0.29) is 5.91 Å². The molecule has 0 N–H and O–H groups in total. The fourth-order valence-electron chi connectivity index (χ4n) is 5.48. The Bertz CT molecular complexity index is 1420. The van der Waals surface area contributed by atoms with Crippen LogP contribution in [0.5, 0.6) is 0 Å². The lowest BCUT2D eigenvalue weighted by molar-refractivity contribution is -0.129. The zero-order chi connectivity index (χ0) is 24.6. The van der Waals surface area contributed by atoms with Gasteiger partial charge in [0.05, 0.1) is 17.4 Å². The summed E-state index contributed by atoms with van der Waals surface area (Å²) in [6.07, 6.45) is 7.54. The number of fused-ring (bicyclic) bond motifs is 2. The summed E-state index contributed by atoms with van der Waals surface area (Å²) < 4.78 is 7.86. The van der Waals surface area contributed by atoms with E-state index in [1.807, 2.05) is 17.3 Å². The molecule has 0 bridgehead atoms. The minimum absolute atomic E-state index is 0.109. The number of ether oxygens (including phenoxy) is 1. The molecule has 3 aromatic heterocycles. The molecule has 0 radical (unpaired) electrons. The number of rotatable bonds is 4. The molecule has 0 spiro atoms. The van der Waals surface area contributed by atoms with Crippen molar-refractivity contribution in [1.82, 2.24) is 24.6 Å². The van der Waals surface area contributed by atoms with Crippen LogP contribution < -0.4 is 0 Å². The van der Waals surface area contributed by atoms with Crippen LogP contribution in [0, 0.1) is 0 Å². The molecule has 7 heteroatoms. The van der Waals surface area contributed by atoms with E-state index in [0.29, 0.717) is 12.6 Å². The molecule has 1 saturated heterocycles. The molecule has 184 valence electrons. The van der Waals surface area contributed by atoms with Gasteiger partial charge in [-0.2, -0.15) is 5.10 Å². The predicted octanol–water partition coefficient (Wildman–Crippen LogP) is 4.98. The van der Waals surface area contributed by atoms with Crippen molar-refractivity contribution >= 4 is 16.7 Å². The molecule has 0 atom stereocenters. The number of hydrogen-bond donors (Lipinski definition) is 0. The van der Waals surface area contributed by atoms with E-state index in [4.69, 9.17) is 14.8 Å². The van der Waals surface area contributed by atoms with Crippen molar-refractivity contribution in [1.29, 1.82) is 0 Å². The fourth-order valence-corrected chi connectivity index (χ4v) is 5.48. The van der Waals surface area contributed by atoms with Crippen molar-refractivity contribution < 1.29 is 9.53 Å². The van der Waals surface area contributed by atoms with Crippen molar-refractivity contribution in [3.63, 3.8) is 0 Å². The van der Waals surface area contributed by atoms with E-state index in [2.05, 4.69) is 53.0 Å². The van der Waals surface area contributed by atoms with Crippen LogP contribution in [0.25, 0.3) is 33.3 Å². The number of amides is 1. The number of carbonyl (C=O) groups excluding carboxylic acids is 1. The third-order valence-electron chi connectivity index (χ3n) is 7.57. The Morgan fingerprint density at radius 1 is 1.11 bits per heavy atom. The van der Waals surface area contributed by atoms with Gasteiger partial charge >= 0.3 is 0 Å². The van der Waals surface area contributed by atoms with Gasteiger partial charge < -0.3 is 9.64 Å². The first-order valence-electron chi connectivity index (χ1n) is 12.9. The molecule has 0 saturated carbocycles. The lowest BCUT2D eigenvalue weighted by Gasteiger charge is -2.29. The summed E-state index contributed by atoms with van der Waals surface area (Å²) in [5.41, 5.74) is 7.46. The summed E-state index contributed by atoms with van der Waals surface area (Å²) in [4.78, 5) is 23.5. The lowest BCUT2D eigenvalue weighted by atomic mass is 9.96. The van der Waals surface area contributed by atoms with Gasteiger partial charge in [-0.1, -0.05) is 25.1 Å². The topological polar surface area (TPSA) is 73.1 Å². The van der Waals surface area contributed by atoms with Crippen LogP contribution in [-0.4, -0.2) is 50.3 Å². The second-order valence-electron chi connectivity index (χ2n) is 9.74. The maximum absolute atomic E-state index is 12.3. The second-order valence-corrected chi connectivity index (χ2v) is 9.74. The molecular formula is C29H31N5O2. The normalized spacial score (nSPS) is 16.3. The Morgan fingerprint density at radius 2 is 1.97 bits per heavy atom. The van der Waals surface area contributed by atoms with Crippen LogP contribution >= 0.6 is 0 Å². The Labute approximate surface area is 211 Å². The van der Waals surface area contributed by atoms with Crippen molar-refractivity contribution in [2.75, 3.05) is 19.8 Å². The zero-order valence-electron chi connectivity index (χ0n) is 20.9. The average molecular weight is 482 g/mol. The predicted molar refractivity (Wildman–Crippen MR) is 139 cm³/mol. The van der Waals surface area contributed by atoms with E-state index >= 15 is 0 Å². The highest BCUT2D eigenvalue weighted by Gasteiger charge is 2.30. The minimum atomic E-state index is 0.109. The van der Waals surface area contributed by atoms with Gasteiger partial charge in [0.15, 0.2) is 0 Å². The highest BCUT2D eigenvalue weighted by atomic mass is 16.5. The van der Waals surface area contributed by atoms with Crippen molar-refractivity contribution in [2.45, 2.75) is 52.1 Å². The number of aromatic nitrogens is 4. The first kappa shape index (κ1) is 22.9. The molecule has 0 unspecified atom stereocenters. The quantitative estimate of drug-likeness (QED) is 0.411. The van der Waals surface area contributed by atoms with Gasteiger partial charge in [-0.15, -0.1) is 0 Å². The van der Waals surface area contributed by atoms with Crippen molar-refractivity contribution in [3.05, 3.63) is 65.7 Å². The van der Waals surface area contributed by atoms with E-state index in [1.54, 1.807) is 6.92 Å². The molecule has 6 rings (SSSR count). The number of nitrogens with zero attached hydrogens (tertiary/aromatic N) is 5. The third kappa shape index (κ3) is 4.07. The zero-order valence-corrected chi connectivity index (χ0v) is 20.9. The number of hydrogen-bond acceptors (Lipinski definition) is 5. The monoisotopic (exact) mass is 481 g/mol. The van der Waals surface area contributed by atoms with Gasteiger partial charge in [0.1, 0.15) is 0 Å². The molecule has 4 aromatic rings. The van der Waals surface area contributed by atoms with Gasteiger partial charge in [0.2, 0.25) is 5.91 Å². The molecule has 36 heavy (non-hydrogen) atoms. The van der Waals surface area contributed by atoms with E-state index < -0.39 is 0 Å². The Hall–Kier alpha value is -3.58. The molecule has 7 nitrogen and oxygen atoms in total. The van der Waals surface area contributed by atoms with Crippen LogP contribution in [0.4, 0.5) is 0 Å². The standard InChI is InChI=1S/C29H31N5O2/c1-3-22-8-7-21(16-30-22)27-15-20-5-4-6-24(25(20)17-31-27)29-26-18-33(19(2)35)12-9-28(26)34(32-29)23-10-13-36-14-11-23/h4-8,15-17,23H,3,9-14,18H2,1-2H3. The molecule has 2 aliphatic rings. The molecule has 1 amide bonds. The van der Waals surface area contributed by atoms with E-state index in [9.17, 15) is 4.79 Å². The third-order valence-corrected chi connectivity index (χ3v) is 7.57. The molecule has 1 fully saturated rings. The number of carbonyl (C=O) groups is 1. The molecular weight excluding hydrogens is 450 g/mol. The summed E-state index contributed by atoms with van der Waals surface area (Å²) in [7, 11) is 0. The van der Waals surface area contributed by atoms with Gasteiger partial charge in [-0.05, 0) is 42.8 Å². The second kappa shape index (κ2) is 9.47. The number of pyridine rings is 2. The Balaban J connectivity index is 1.45. The summed E-state index contributed by atoms with van der Waals surface area (Å²) in [6.45, 7) is 6.63. The molecule has 0 aliphatic carbocycles. The lowest BCUT2D eigenvalue weighted by Crippen LogP contribution is -2.35. The smallest absolute Gasteiger partial charge is 0.219 e. The SMILES string of the molecule is CCc1ccc(-c2cc3cccc(-c4nn(C5CCOCC5)c5c4CN(C(C)=O)CC5)c3cn2)cn1. The van der Waals surface area contributed by atoms with Gasteiger partial charge in [0, 0.05) is 85.5 Å². The van der Waals surface area contributed by atoms with Gasteiger partial charge in [-0.25, -0.2) is 0 Å². The largest absolute Gasteiger partial charge is 0.381 e. The maximum Gasteiger partial charge on any atom is 0.219 e. The fraction of sp³-hybridized carbons (Fsp3) is 0.379. The van der Waals surface area contributed by atoms with Crippen molar-refractivity contribution in [2.24, 2.45) is 0 Å². The van der Waals surface area contributed by atoms with E-state index in [1.165, 1.54) is 11.3 Å². The summed E-state index contributed by atoms with van der Waals surface area (Å²) in [5.74, 6) is 0.109. The average Bonchev–Trinajstić information content (AvgIpc) is 3.31. The van der Waals surface area contributed by atoms with Crippen LogP contribution in [0.2, 0.25) is 0 Å². The molecule has 1 aromatic carbocycles. The first-order valence-corrected chi connectivity index (χ1v) is 12.9. The van der Waals surface area contributed by atoms with Crippen LogP contribution in [0.1, 0.15) is 49.7 Å². The van der Waals surface area contributed by atoms with Gasteiger partial charge in [0.25, 0.3) is 0 Å². The Morgan fingerprint density at radius 3 is 2.72 bits per heavy atom. The van der Waals surface area contributed by atoms with Crippen molar-refractivity contribution in [3.8, 4) is 22.5 Å². The molecule has 5 heterocycles. The highest BCUT2D eigenvalue weighted by molar-refractivity contribution is 5.97. The summed E-state index contributed by atoms with van der Waals surface area (Å²) >= 11 is 0. The highest BCUT2D eigenvalue weighted by Crippen LogP contribution is 2.37.